The van der Waals surface area contributed by atoms with Crippen LogP contribution in [0.25, 0.3) is 0 Å². The Labute approximate surface area is 163 Å². The molecule has 2 atom stereocenters. The van der Waals surface area contributed by atoms with Gasteiger partial charge in [0.2, 0.25) is 11.8 Å². The van der Waals surface area contributed by atoms with Crippen LogP contribution in [0, 0.1) is 0 Å². The fourth-order valence-corrected chi connectivity index (χ4v) is 2.09. The lowest BCUT2D eigenvalue weighted by atomic mass is 10.1. The number of ether oxygens (including phenoxy) is 1. The van der Waals surface area contributed by atoms with Crippen molar-refractivity contribution in [2.75, 3.05) is 6.54 Å². The zero-order chi connectivity index (χ0) is 21.5. The maximum absolute atomic E-state index is 12.1. The quantitative estimate of drug-likeness (QED) is 0.353. The van der Waals surface area contributed by atoms with Crippen LogP contribution in [0.2, 0.25) is 0 Å². The van der Waals surface area contributed by atoms with Crippen LogP contribution in [0.1, 0.15) is 33.3 Å². The normalized spacial score (nSPS) is 13.2. The number of amides is 2. The summed E-state index contributed by atoms with van der Waals surface area (Å²) in [6.45, 7) is 5.76. The van der Waals surface area contributed by atoms with Crippen LogP contribution in [0.15, 0.2) is 24.3 Å². The number of ketones is 1. The Morgan fingerprint density at radius 2 is 1.68 bits per heavy atom. The number of rotatable bonds is 8. The zero-order valence-electron chi connectivity index (χ0n) is 16.4. The van der Waals surface area contributed by atoms with Crippen LogP contribution >= 0.6 is 0 Å². The molecule has 0 saturated carbocycles. The van der Waals surface area contributed by atoms with Gasteiger partial charge >= 0.3 is 5.97 Å². The number of carbonyl (C=O) groups is 4. The van der Waals surface area contributed by atoms with Crippen molar-refractivity contribution in [3.63, 3.8) is 0 Å². The molecule has 0 aliphatic carbocycles. The summed E-state index contributed by atoms with van der Waals surface area (Å²) in [5, 5.41) is 14.0. The summed E-state index contributed by atoms with van der Waals surface area (Å²) in [6.07, 6.45) is 0.220. The first-order chi connectivity index (χ1) is 12.9. The van der Waals surface area contributed by atoms with E-state index in [4.69, 9.17) is 10.5 Å². The Kier molecular flexibility index (Phi) is 8.12. The molecule has 0 aliphatic heterocycles. The lowest BCUT2D eigenvalue weighted by molar-refractivity contribution is -0.162. The lowest BCUT2D eigenvalue weighted by Gasteiger charge is -2.19. The van der Waals surface area contributed by atoms with Crippen LogP contribution < -0.4 is 16.4 Å². The Morgan fingerprint density at radius 3 is 2.21 bits per heavy atom. The average molecular weight is 393 g/mol. The second-order valence-electron chi connectivity index (χ2n) is 7.35. The summed E-state index contributed by atoms with van der Waals surface area (Å²) in [5.41, 5.74) is 5.77. The van der Waals surface area contributed by atoms with E-state index in [1.165, 1.54) is 19.1 Å². The van der Waals surface area contributed by atoms with Gasteiger partial charge in [0.05, 0.1) is 12.6 Å². The summed E-state index contributed by atoms with van der Waals surface area (Å²) >= 11 is 0. The first-order valence-electron chi connectivity index (χ1n) is 8.77. The first kappa shape index (κ1) is 23.1. The highest BCUT2D eigenvalue weighted by Gasteiger charge is 2.25. The maximum atomic E-state index is 12.1. The molecule has 1 aromatic carbocycles. The minimum Gasteiger partial charge on any atom is -0.508 e. The van der Waals surface area contributed by atoms with E-state index in [-0.39, 0.29) is 12.2 Å². The summed E-state index contributed by atoms with van der Waals surface area (Å²) < 4.78 is 4.91. The summed E-state index contributed by atoms with van der Waals surface area (Å²) in [7, 11) is 0. The van der Waals surface area contributed by atoms with E-state index in [1.54, 1.807) is 32.9 Å². The number of nitrogens with two attached hydrogens (primary N) is 1. The molecule has 0 saturated heterocycles. The van der Waals surface area contributed by atoms with Crippen LogP contribution in [-0.4, -0.2) is 52.9 Å². The van der Waals surface area contributed by atoms with Gasteiger partial charge in [-0.2, -0.15) is 0 Å². The molecule has 0 bridgehead atoms. The van der Waals surface area contributed by atoms with Crippen molar-refractivity contribution in [2.45, 2.75) is 51.8 Å². The van der Waals surface area contributed by atoms with Crippen LogP contribution in [-0.2, 0) is 30.3 Å². The second kappa shape index (κ2) is 9.84. The monoisotopic (exact) mass is 393 g/mol. The van der Waals surface area contributed by atoms with Gasteiger partial charge in [-0.3, -0.25) is 14.4 Å². The highest BCUT2D eigenvalue weighted by Crippen LogP contribution is 2.11. The van der Waals surface area contributed by atoms with Crippen LogP contribution in [0.3, 0.4) is 0 Å². The van der Waals surface area contributed by atoms with Crippen molar-refractivity contribution >= 4 is 23.6 Å². The standard InChI is InChI=1S/C19H27N3O6/c1-11(16(25)21-10-15(24)18(27)28-19(2,3)4)22-17(26)14(20)9-12-5-7-13(23)8-6-12/h5-8,11,14,23H,9-10,20H2,1-4H3,(H,21,25)(H,22,26)/t11-,14+/m1/s1. The van der Waals surface area contributed by atoms with Crippen molar-refractivity contribution in [2.24, 2.45) is 5.73 Å². The van der Waals surface area contributed by atoms with Crippen LogP contribution in [0.5, 0.6) is 5.75 Å². The van der Waals surface area contributed by atoms with Crippen molar-refractivity contribution in [1.29, 1.82) is 0 Å². The Bertz CT molecular complexity index is 724. The van der Waals surface area contributed by atoms with Crippen LogP contribution in [0.4, 0.5) is 0 Å². The van der Waals surface area contributed by atoms with Gasteiger partial charge in [-0.05, 0) is 51.8 Å². The van der Waals surface area contributed by atoms with E-state index < -0.39 is 47.8 Å². The van der Waals surface area contributed by atoms with Gasteiger partial charge in [-0.15, -0.1) is 0 Å². The van der Waals surface area contributed by atoms with Gasteiger partial charge in [0.1, 0.15) is 17.4 Å². The number of nitrogens with one attached hydrogen (secondary N) is 2. The minimum atomic E-state index is -1.04. The SMILES string of the molecule is C[C@@H](NC(=O)[C@@H](N)Cc1ccc(O)cc1)C(=O)NCC(=O)C(=O)OC(C)(C)C. The molecule has 28 heavy (non-hydrogen) atoms. The predicted octanol–water partition coefficient (Wildman–Crippen LogP) is -0.206. The van der Waals surface area contributed by atoms with Gasteiger partial charge < -0.3 is 26.2 Å². The molecule has 1 rings (SSSR count). The molecular formula is C19H27N3O6. The highest BCUT2D eigenvalue weighted by molar-refractivity contribution is 6.34. The third-order valence-corrected chi connectivity index (χ3v) is 3.53. The number of esters is 1. The molecule has 0 unspecified atom stereocenters. The van der Waals surface area contributed by atoms with Crippen molar-refractivity contribution < 1.29 is 29.0 Å². The maximum Gasteiger partial charge on any atom is 0.377 e. The van der Waals surface area contributed by atoms with E-state index in [0.717, 1.165) is 5.56 Å². The topological polar surface area (TPSA) is 148 Å². The molecule has 0 spiro atoms. The molecule has 0 radical (unpaired) electrons. The Balaban J connectivity index is 2.45. The number of hydrogen-bond acceptors (Lipinski definition) is 7. The molecule has 154 valence electrons. The van der Waals surface area contributed by atoms with Crippen molar-refractivity contribution in [3.8, 4) is 5.75 Å². The van der Waals surface area contributed by atoms with Gasteiger partial charge in [-0.25, -0.2) is 4.79 Å². The number of phenols is 1. The molecule has 9 nitrogen and oxygen atoms in total. The predicted molar refractivity (Wildman–Crippen MR) is 101 cm³/mol. The Morgan fingerprint density at radius 1 is 1.11 bits per heavy atom. The molecule has 0 aliphatic rings. The van der Waals surface area contributed by atoms with Crippen molar-refractivity contribution in [1.82, 2.24) is 10.6 Å². The zero-order valence-corrected chi connectivity index (χ0v) is 16.4. The third-order valence-electron chi connectivity index (χ3n) is 3.53. The molecule has 0 fully saturated rings. The van der Waals surface area contributed by atoms with Gasteiger partial charge in [-0.1, -0.05) is 12.1 Å². The number of phenolic OH excluding ortho intramolecular Hbond substituents is 1. The lowest BCUT2D eigenvalue weighted by Crippen LogP contribution is -2.51. The molecule has 2 amide bonds. The molecule has 1 aromatic rings. The molecule has 0 heterocycles. The molecule has 9 heteroatoms. The second-order valence-corrected chi connectivity index (χ2v) is 7.35. The smallest absolute Gasteiger partial charge is 0.377 e. The first-order valence-corrected chi connectivity index (χ1v) is 8.77. The van der Waals surface area contributed by atoms with E-state index in [1.807, 2.05) is 0 Å². The highest BCUT2D eigenvalue weighted by atomic mass is 16.6. The molecule has 5 N–H and O–H groups in total. The van der Waals surface area contributed by atoms with E-state index in [9.17, 15) is 24.3 Å². The fourth-order valence-electron chi connectivity index (χ4n) is 2.09. The van der Waals surface area contributed by atoms with Gasteiger partial charge in [0.15, 0.2) is 0 Å². The summed E-state index contributed by atoms with van der Waals surface area (Å²) in [5.74, 6) is -3.02. The minimum absolute atomic E-state index is 0.105. The van der Waals surface area contributed by atoms with Crippen molar-refractivity contribution in [3.05, 3.63) is 29.8 Å². The Hall–Kier alpha value is -2.94. The number of carbonyl (C=O) groups excluding carboxylic acids is 4. The van der Waals surface area contributed by atoms with E-state index in [2.05, 4.69) is 10.6 Å². The fraction of sp³-hybridized carbons (Fsp3) is 0.474. The van der Waals surface area contributed by atoms with Gasteiger partial charge in [0.25, 0.3) is 5.78 Å². The number of Topliss-reactive ketones (excluding diaryl/α,β-unsaturated/α-hetero) is 1. The van der Waals surface area contributed by atoms with E-state index >= 15 is 0 Å². The third kappa shape index (κ3) is 8.17. The summed E-state index contributed by atoms with van der Waals surface area (Å²) in [4.78, 5) is 47.4. The van der Waals surface area contributed by atoms with E-state index in [0.29, 0.717) is 0 Å². The number of aromatic hydroxyl groups is 1. The average Bonchev–Trinajstić information content (AvgIpc) is 2.59. The largest absolute Gasteiger partial charge is 0.508 e. The molecular weight excluding hydrogens is 366 g/mol. The van der Waals surface area contributed by atoms with Gasteiger partial charge in [0, 0.05) is 0 Å². The molecule has 0 aromatic heterocycles. The summed E-state index contributed by atoms with van der Waals surface area (Å²) in [6, 6.07) is 4.39. The number of benzene rings is 1. The number of hydrogen-bond donors (Lipinski definition) is 4.